The van der Waals surface area contributed by atoms with E-state index in [0.717, 1.165) is 12.2 Å². The van der Waals surface area contributed by atoms with Crippen molar-refractivity contribution in [3.63, 3.8) is 0 Å². The number of rotatable bonds is 3. The zero-order valence-corrected chi connectivity index (χ0v) is 8.27. The Balaban J connectivity index is 2.10. The summed E-state index contributed by atoms with van der Waals surface area (Å²) in [7, 11) is 0.640. The van der Waals surface area contributed by atoms with Crippen molar-refractivity contribution < 1.29 is 14.1 Å². The van der Waals surface area contributed by atoms with Gasteiger partial charge in [0.25, 0.3) is 0 Å². The lowest BCUT2D eigenvalue weighted by atomic mass is 10.2. The Morgan fingerprint density at radius 3 is 3.07 bits per heavy atom. The maximum atomic E-state index is 13.0. The molecule has 5 heteroatoms. The molecular weight excluding hydrogens is 196 g/mol. The van der Waals surface area contributed by atoms with Gasteiger partial charge in [0.15, 0.2) is 0 Å². The number of hydrogen-bond donors (Lipinski definition) is 1. The zero-order valence-electron chi connectivity index (χ0n) is 8.27. The van der Waals surface area contributed by atoms with E-state index < -0.39 is 6.17 Å². The number of halogens is 1. The smallest absolute Gasteiger partial charge is 0.537 e. The number of anilines is 1. The summed E-state index contributed by atoms with van der Waals surface area (Å²) >= 11 is 0. The van der Waals surface area contributed by atoms with Gasteiger partial charge in [0.05, 0.1) is 0 Å². The third-order valence-electron chi connectivity index (χ3n) is 2.50. The molecule has 1 aromatic carbocycles. The van der Waals surface area contributed by atoms with Crippen LogP contribution in [0.1, 0.15) is 6.42 Å². The van der Waals surface area contributed by atoms with Crippen molar-refractivity contribution in [3.8, 4) is 5.75 Å². The van der Waals surface area contributed by atoms with Crippen molar-refractivity contribution in [2.24, 2.45) is 0 Å². The highest BCUT2D eigenvalue weighted by Crippen LogP contribution is 2.25. The first-order valence-corrected chi connectivity index (χ1v) is 4.91. The Bertz CT molecular complexity index is 337. The van der Waals surface area contributed by atoms with Crippen LogP contribution in [-0.2, 0) is 0 Å². The Morgan fingerprint density at radius 1 is 1.53 bits per heavy atom. The molecular formula is C10H12BFNO2. The molecule has 0 saturated carbocycles. The minimum atomic E-state index is -0.737. The summed E-state index contributed by atoms with van der Waals surface area (Å²) in [6.07, 6.45) is -0.156. The molecule has 1 aliphatic heterocycles. The highest BCUT2D eigenvalue weighted by molar-refractivity contribution is 6.17. The quantitative estimate of drug-likeness (QED) is 0.756. The maximum Gasteiger partial charge on any atom is 0.569 e. The molecule has 0 spiro atoms. The van der Waals surface area contributed by atoms with Crippen LogP contribution in [0.3, 0.4) is 0 Å². The highest BCUT2D eigenvalue weighted by Gasteiger charge is 2.21. The standard InChI is InChI=1S/C10H12BFNO2/c12-8-4-5-13(7-8)9-2-1-3-10(6-9)15-11-14/h1-3,6,8,14H,4-5,7H2/t8-/m0/s1. The van der Waals surface area contributed by atoms with E-state index in [0.29, 0.717) is 26.4 Å². The van der Waals surface area contributed by atoms with Crippen molar-refractivity contribution in [1.82, 2.24) is 0 Å². The third kappa shape index (κ3) is 2.42. The van der Waals surface area contributed by atoms with Gasteiger partial charge in [0, 0.05) is 24.8 Å². The van der Waals surface area contributed by atoms with E-state index in [1.807, 2.05) is 17.0 Å². The molecule has 0 aromatic heterocycles. The second-order valence-corrected chi connectivity index (χ2v) is 3.55. The van der Waals surface area contributed by atoms with E-state index in [1.165, 1.54) is 0 Å². The molecule has 1 heterocycles. The fraction of sp³-hybridized carbons (Fsp3) is 0.400. The lowest BCUT2D eigenvalue weighted by molar-refractivity contribution is 0.364. The summed E-state index contributed by atoms with van der Waals surface area (Å²) in [4.78, 5) is 1.97. The van der Waals surface area contributed by atoms with Crippen LogP contribution in [0, 0.1) is 0 Å². The predicted octanol–water partition coefficient (Wildman–Crippen LogP) is 1.14. The van der Waals surface area contributed by atoms with Crippen LogP contribution in [0.15, 0.2) is 24.3 Å². The monoisotopic (exact) mass is 208 g/mol. The van der Waals surface area contributed by atoms with Crippen molar-refractivity contribution in [1.29, 1.82) is 0 Å². The van der Waals surface area contributed by atoms with E-state index >= 15 is 0 Å². The van der Waals surface area contributed by atoms with E-state index in [9.17, 15) is 4.39 Å². The van der Waals surface area contributed by atoms with Gasteiger partial charge < -0.3 is 14.6 Å². The molecule has 1 aliphatic rings. The molecule has 0 amide bonds. The molecule has 79 valence electrons. The Labute approximate surface area is 88.8 Å². The van der Waals surface area contributed by atoms with Crippen molar-refractivity contribution in [2.75, 3.05) is 18.0 Å². The Hall–Kier alpha value is -1.23. The lowest BCUT2D eigenvalue weighted by Crippen LogP contribution is -2.19. The molecule has 1 fully saturated rings. The summed E-state index contributed by atoms with van der Waals surface area (Å²) < 4.78 is 17.8. The van der Waals surface area contributed by atoms with Gasteiger partial charge in [-0.05, 0) is 18.6 Å². The summed E-state index contributed by atoms with van der Waals surface area (Å²) in [5.41, 5.74) is 0.925. The molecule has 0 aliphatic carbocycles. The second-order valence-electron chi connectivity index (χ2n) is 3.55. The summed E-state index contributed by atoms with van der Waals surface area (Å²) in [6, 6.07) is 7.24. The van der Waals surface area contributed by atoms with Gasteiger partial charge in [-0.25, -0.2) is 4.39 Å². The molecule has 1 aromatic rings. The predicted molar refractivity (Wildman–Crippen MR) is 56.8 cm³/mol. The van der Waals surface area contributed by atoms with Crippen LogP contribution in [0.4, 0.5) is 10.1 Å². The van der Waals surface area contributed by atoms with Gasteiger partial charge in [-0.1, -0.05) is 6.07 Å². The third-order valence-corrected chi connectivity index (χ3v) is 2.50. The van der Waals surface area contributed by atoms with E-state index in [4.69, 9.17) is 9.68 Å². The van der Waals surface area contributed by atoms with Gasteiger partial charge >= 0.3 is 7.69 Å². The summed E-state index contributed by atoms with van der Waals surface area (Å²) in [5.74, 6) is 0.553. The number of hydrogen-bond acceptors (Lipinski definition) is 3. The largest absolute Gasteiger partial charge is 0.569 e. The minimum absolute atomic E-state index is 0.437. The second kappa shape index (κ2) is 4.53. The van der Waals surface area contributed by atoms with E-state index in [-0.39, 0.29) is 0 Å². The lowest BCUT2D eigenvalue weighted by Gasteiger charge is -2.18. The van der Waals surface area contributed by atoms with E-state index in [2.05, 4.69) is 0 Å². The Morgan fingerprint density at radius 2 is 2.40 bits per heavy atom. The molecule has 2 rings (SSSR count). The van der Waals surface area contributed by atoms with Crippen LogP contribution in [0.25, 0.3) is 0 Å². The van der Waals surface area contributed by atoms with Crippen LogP contribution >= 0.6 is 0 Å². The van der Waals surface area contributed by atoms with Gasteiger partial charge in [0.1, 0.15) is 11.9 Å². The SMILES string of the molecule is O[B]Oc1cccc(N2CC[C@H](F)C2)c1. The van der Waals surface area contributed by atoms with Crippen molar-refractivity contribution in [2.45, 2.75) is 12.6 Å². The fourth-order valence-corrected chi connectivity index (χ4v) is 1.77. The molecule has 1 N–H and O–H groups in total. The average molecular weight is 208 g/mol. The van der Waals surface area contributed by atoms with Crippen LogP contribution in [0.5, 0.6) is 5.75 Å². The van der Waals surface area contributed by atoms with Crippen molar-refractivity contribution in [3.05, 3.63) is 24.3 Å². The van der Waals surface area contributed by atoms with Gasteiger partial charge in [-0.15, -0.1) is 0 Å². The molecule has 0 bridgehead atoms. The topological polar surface area (TPSA) is 32.7 Å². The van der Waals surface area contributed by atoms with E-state index in [1.54, 1.807) is 12.1 Å². The Kier molecular flexibility index (Phi) is 3.11. The first kappa shape index (κ1) is 10.3. The molecule has 0 unspecified atom stereocenters. The highest BCUT2D eigenvalue weighted by atomic mass is 19.1. The molecule has 15 heavy (non-hydrogen) atoms. The normalized spacial score (nSPS) is 20.4. The number of benzene rings is 1. The van der Waals surface area contributed by atoms with Crippen LogP contribution in [-0.4, -0.2) is 32.0 Å². The van der Waals surface area contributed by atoms with Crippen LogP contribution < -0.4 is 9.55 Å². The van der Waals surface area contributed by atoms with Crippen molar-refractivity contribution >= 4 is 13.4 Å². The molecule has 3 nitrogen and oxygen atoms in total. The number of nitrogens with zero attached hydrogens (tertiary/aromatic N) is 1. The first-order valence-electron chi connectivity index (χ1n) is 4.91. The van der Waals surface area contributed by atoms with Gasteiger partial charge in [-0.3, -0.25) is 0 Å². The molecule has 1 atom stereocenters. The summed E-state index contributed by atoms with van der Waals surface area (Å²) in [5, 5.41) is 8.50. The maximum absolute atomic E-state index is 13.0. The first-order chi connectivity index (χ1) is 7.29. The van der Waals surface area contributed by atoms with Gasteiger partial charge in [-0.2, -0.15) is 0 Å². The molecule has 1 radical (unpaired) electrons. The van der Waals surface area contributed by atoms with Gasteiger partial charge in [0.2, 0.25) is 0 Å². The fourth-order valence-electron chi connectivity index (χ4n) is 1.77. The zero-order chi connectivity index (χ0) is 10.7. The number of alkyl halides is 1. The average Bonchev–Trinajstić information content (AvgIpc) is 2.66. The minimum Gasteiger partial charge on any atom is -0.537 e. The van der Waals surface area contributed by atoms with Crippen LogP contribution in [0.2, 0.25) is 0 Å². The molecule has 1 saturated heterocycles. The summed E-state index contributed by atoms with van der Waals surface area (Å²) in [6.45, 7) is 1.17.